The van der Waals surface area contributed by atoms with Gasteiger partial charge >= 0.3 is 0 Å². The van der Waals surface area contributed by atoms with E-state index in [9.17, 15) is 9.59 Å². The van der Waals surface area contributed by atoms with Crippen LogP contribution in [0.15, 0.2) is 54.6 Å². The van der Waals surface area contributed by atoms with Crippen LogP contribution >= 0.6 is 11.3 Å². The molecule has 3 rings (SSSR count). The number of fused-ring (bicyclic) bond motifs is 1. The highest BCUT2D eigenvalue weighted by molar-refractivity contribution is 7.13. The summed E-state index contributed by atoms with van der Waals surface area (Å²) < 4.78 is 5.67. The Bertz CT molecular complexity index is 920. The first-order valence-corrected chi connectivity index (χ1v) is 8.66. The van der Waals surface area contributed by atoms with Gasteiger partial charge in [0, 0.05) is 4.88 Å². The van der Waals surface area contributed by atoms with Crippen LogP contribution in [0.1, 0.15) is 21.5 Å². The number of ether oxygens (including phenoxy) is 1. The van der Waals surface area contributed by atoms with Crippen molar-refractivity contribution in [1.82, 2.24) is 10.9 Å². The van der Waals surface area contributed by atoms with Gasteiger partial charge in [-0.15, -0.1) is 11.3 Å². The number of benzene rings is 2. The number of thiophene rings is 1. The van der Waals surface area contributed by atoms with Crippen molar-refractivity contribution in [2.45, 2.75) is 20.0 Å². The molecule has 1 heterocycles. The fourth-order valence-electron chi connectivity index (χ4n) is 2.34. The van der Waals surface area contributed by atoms with Crippen molar-refractivity contribution in [1.29, 1.82) is 0 Å². The minimum Gasteiger partial charge on any atom is -0.481 e. The Morgan fingerprint density at radius 3 is 2.48 bits per heavy atom. The van der Waals surface area contributed by atoms with Gasteiger partial charge in [-0.3, -0.25) is 20.4 Å². The third-order valence-electron chi connectivity index (χ3n) is 3.67. The summed E-state index contributed by atoms with van der Waals surface area (Å²) in [5.41, 5.74) is 4.79. The molecule has 0 fully saturated rings. The van der Waals surface area contributed by atoms with Crippen LogP contribution in [0.4, 0.5) is 0 Å². The second-order valence-corrected chi connectivity index (χ2v) is 6.91. The minimum absolute atomic E-state index is 0.343. The number of amides is 2. The molecule has 2 aromatic carbocycles. The first-order chi connectivity index (χ1) is 12.0. The van der Waals surface area contributed by atoms with Gasteiger partial charge in [0.2, 0.25) is 0 Å². The summed E-state index contributed by atoms with van der Waals surface area (Å²) >= 11 is 1.37. The molecule has 3 aromatic rings. The van der Waals surface area contributed by atoms with Crippen LogP contribution in [0.25, 0.3) is 10.8 Å². The zero-order valence-corrected chi connectivity index (χ0v) is 14.7. The van der Waals surface area contributed by atoms with E-state index in [1.54, 1.807) is 13.0 Å². The fraction of sp³-hybridized carbons (Fsp3) is 0.158. The van der Waals surface area contributed by atoms with Crippen LogP contribution in [0.3, 0.4) is 0 Å². The fourth-order valence-corrected chi connectivity index (χ4v) is 3.10. The van der Waals surface area contributed by atoms with Crippen molar-refractivity contribution in [2.24, 2.45) is 0 Å². The molecule has 6 heteroatoms. The van der Waals surface area contributed by atoms with E-state index in [-0.39, 0.29) is 5.91 Å². The van der Waals surface area contributed by atoms with Gasteiger partial charge < -0.3 is 4.74 Å². The van der Waals surface area contributed by atoms with Crippen LogP contribution in [0.2, 0.25) is 0 Å². The predicted octanol–water partition coefficient (Wildman–Crippen LogP) is 3.44. The molecule has 2 N–H and O–H groups in total. The highest BCUT2D eigenvalue weighted by Crippen LogP contribution is 2.21. The van der Waals surface area contributed by atoms with Gasteiger partial charge in [-0.25, -0.2) is 0 Å². The van der Waals surface area contributed by atoms with Crippen molar-refractivity contribution in [3.05, 3.63) is 64.4 Å². The summed E-state index contributed by atoms with van der Waals surface area (Å²) in [7, 11) is 0. The second-order valence-electron chi connectivity index (χ2n) is 5.62. The zero-order valence-electron chi connectivity index (χ0n) is 13.9. The van der Waals surface area contributed by atoms with E-state index < -0.39 is 12.0 Å². The monoisotopic (exact) mass is 354 g/mol. The Morgan fingerprint density at radius 2 is 1.76 bits per heavy atom. The molecule has 1 aromatic heterocycles. The highest BCUT2D eigenvalue weighted by atomic mass is 32.1. The molecule has 1 unspecified atom stereocenters. The molecule has 0 saturated carbocycles. The molecule has 25 heavy (non-hydrogen) atoms. The minimum atomic E-state index is -0.744. The Morgan fingerprint density at radius 1 is 1.00 bits per heavy atom. The molecular weight excluding hydrogens is 336 g/mol. The number of rotatable bonds is 4. The van der Waals surface area contributed by atoms with E-state index in [1.165, 1.54) is 11.3 Å². The lowest BCUT2D eigenvalue weighted by molar-refractivity contribution is -0.128. The van der Waals surface area contributed by atoms with Gasteiger partial charge in [-0.05, 0) is 48.9 Å². The van der Waals surface area contributed by atoms with Crippen LogP contribution in [-0.4, -0.2) is 17.9 Å². The third kappa shape index (κ3) is 4.16. The molecule has 0 saturated heterocycles. The van der Waals surface area contributed by atoms with E-state index in [1.807, 2.05) is 55.5 Å². The second kappa shape index (κ2) is 7.36. The molecule has 5 nitrogen and oxygen atoms in total. The molecule has 0 aliphatic carbocycles. The van der Waals surface area contributed by atoms with E-state index in [0.717, 1.165) is 15.6 Å². The summed E-state index contributed by atoms with van der Waals surface area (Å²) in [6.07, 6.45) is -0.744. The van der Waals surface area contributed by atoms with Crippen LogP contribution in [0, 0.1) is 6.92 Å². The first kappa shape index (κ1) is 17.0. The topological polar surface area (TPSA) is 67.4 Å². The summed E-state index contributed by atoms with van der Waals surface area (Å²) in [6.45, 7) is 3.55. The lowest BCUT2D eigenvalue weighted by Gasteiger charge is -2.15. The van der Waals surface area contributed by atoms with Gasteiger partial charge in [0.15, 0.2) is 6.10 Å². The van der Waals surface area contributed by atoms with E-state index >= 15 is 0 Å². The van der Waals surface area contributed by atoms with Gasteiger partial charge in [0.1, 0.15) is 5.75 Å². The van der Waals surface area contributed by atoms with Crippen molar-refractivity contribution in [2.75, 3.05) is 0 Å². The Balaban J connectivity index is 1.57. The number of hydrogen-bond donors (Lipinski definition) is 2. The lowest BCUT2D eigenvalue weighted by atomic mass is 10.1. The quantitative estimate of drug-likeness (QED) is 0.705. The van der Waals surface area contributed by atoms with Gasteiger partial charge in [-0.2, -0.15) is 0 Å². The SMILES string of the molecule is Cc1ccc(C(=O)NNC(=O)C(C)Oc2ccc3ccccc3c2)s1. The van der Waals surface area contributed by atoms with Gasteiger partial charge in [-0.1, -0.05) is 30.3 Å². The molecule has 0 radical (unpaired) electrons. The maximum absolute atomic E-state index is 12.1. The van der Waals surface area contributed by atoms with Crippen molar-refractivity contribution in [3.63, 3.8) is 0 Å². The standard InChI is InChI=1S/C19H18N2O3S/c1-12-7-10-17(25-12)19(23)21-20-18(22)13(2)24-16-9-8-14-5-3-4-6-15(14)11-16/h3-11,13H,1-2H3,(H,20,22)(H,21,23). The maximum atomic E-state index is 12.1. The average molecular weight is 354 g/mol. The normalized spacial score (nSPS) is 11.8. The number of aryl methyl sites for hydroxylation is 1. The Hall–Kier alpha value is -2.86. The smallest absolute Gasteiger partial charge is 0.279 e. The zero-order chi connectivity index (χ0) is 17.8. The summed E-state index contributed by atoms with van der Waals surface area (Å²) in [5, 5.41) is 2.14. The summed E-state index contributed by atoms with van der Waals surface area (Å²) in [5.74, 6) is -0.166. The van der Waals surface area contributed by atoms with Crippen LogP contribution in [0.5, 0.6) is 5.75 Å². The molecule has 128 valence electrons. The molecule has 0 bridgehead atoms. The summed E-state index contributed by atoms with van der Waals surface area (Å²) in [6, 6.07) is 17.1. The number of carbonyl (C=O) groups excluding carboxylic acids is 2. The van der Waals surface area contributed by atoms with E-state index in [2.05, 4.69) is 10.9 Å². The van der Waals surface area contributed by atoms with Crippen LogP contribution in [-0.2, 0) is 4.79 Å². The Labute approximate surface area is 149 Å². The molecule has 0 aliphatic heterocycles. The van der Waals surface area contributed by atoms with E-state index in [4.69, 9.17) is 4.74 Å². The maximum Gasteiger partial charge on any atom is 0.279 e. The number of hydrazine groups is 1. The van der Waals surface area contributed by atoms with Gasteiger partial charge in [0.05, 0.1) is 4.88 Å². The largest absolute Gasteiger partial charge is 0.481 e. The van der Waals surface area contributed by atoms with Crippen molar-refractivity contribution >= 4 is 33.9 Å². The van der Waals surface area contributed by atoms with Gasteiger partial charge in [0.25, 0.3) is 11.8 Å². The molecular formula is C19H18N2O3S. The van der Waals surface area contributed by atoms with Crippen molar-refractivity contribution in [3.8, 4) is 5.75 Å². The van der Waals surface area contributed by atoms with Crippen molar-refractivity contribution < 1.29 is 14.3 Å². The number of carbonyl (C=O) groups is 2. The highest BCUT2D eigenvalue weighted by Gasteiger charge is 2.16. The third-order valence-corrected chi connectivity index (χ3v) is 4.67. The first-order valence-electron chi connectivity index (χ1n) is 7.85. The Kier molecular flexibility index (Phi) is 5.00. The molecule has 0 spiro atoms. The average Bonchev–Trinajstić information content (AvgIpc) is 3.05. The predicted molar refractivity (Wildman–Crippen MR) is 98.7 cm³/mol. The van der Waals surface area contributed by atoms with Crippen LogP contribution < -0.4 is 15.6 Å². The molecule has 2 amide bonds. The number of hydrogen-bond acceptors (Lipinski definition) is 4. The molecule has 0 aliphatic rings. The molecule has 1 atom stereocenters. The number of nitrogens with one attached hydrogen (secondary N) is 2. The summed E-state index contributed by atoms with van der Waals surface area (Å²) in [4.78, 5) is 25.6. The van der Waals surface area contributed by atoms with E-state index in [0.29, 0.717) is 10.6 Å². The lowest BCUT2D eigenvalue weighted by Crippen LogP contribution is -2.47.